The van der Waals surface area contributed by atoms with E-state index in [2.05, 4.69) is 149 Å². The van der Waals surface area contributed by atoms with Crippen molar-refractivity contribution in [3.05, 3.63) is 145 Å². The van der Waals surface area contributed by atoms with Gasteiger partial charge in [-0.25, -0.2) is 0 Å². The molecule has 3 heterocycles. The molecule has 52 heavy (non-hydrogen) atoms. The van der Waals surface area contributed by atoms with Gasteiger partial charge >= 0.3 is 0 Å². The van der Waals surface area contributed by atoms with Gasteiger partial charge in [-0.05, 0) is 52.0 Å². The van der Waals surface area contributed by atoms with Gasteiger partial charge in [-0.1, -0.05) is 125 Å². The van der Waals surface area contributed by atoms with Gasteiger partial charge < -0.3 is 14.0 Å². The number of benzene rings is 5. The van der Waals surface area contributed by atoms with Crippen molar-refractivity contribution in [1.29, 1.82) is 0 Å². The van der Waals surface area contributed by atoms with E-state index in [4.69, 9.17) is 9.40 Å². The first kappa shape index (κ1) is 37.2. The summed E-state index contributed by atoms with van der Waals surface area (Å²) >= 11 is 0. The summed E-state index contributed by atoms with van der Waals surface area (Å²) in [6, 6.07) is 46.1. The van der Waals surface area contributed by atoms with Gasteiger partial charge in [0.1, 0.15) is 5.58 Å². The van der Waals surface area contributed by atoms with Crippen molar-refractivity contribution in [3.63, 3.8) is 0 Å². The summed E-state index contributed by atoms with van der Waals surface area (Å²) in [5, 5.41) is 3.66. The van der Waals surface area contributed by atoms with Crippen molar-refractivity contribution in [2.45, 2.75) is 65.6 Å². The van der Waals surface area contributed by atoms with E-state index in [0.29, 0.717) is 5.92 Å². The second kappa shape index (κ2) is 14.8. The number of aromatic nitrogens is 3. The van der Waals surface area contributed by atoms with Crippen molar-refractivity contribution in [2.75, 3.05) is 0 Å². The minimum atomic E-state index is -1.34. The quantitative estimate of drug-likeness (QED) is 0.128. The summed E-state index contributed by atoms with van der Waals surface area (Å²) in [4.78, 5) is 9.74. The van der Waals surface area contributed by atoms with Gasteiger partial charge in [0.15, 0.2) is 0 Å². The normalized spacial score (nSPS) is 11.9. The Hall–Kier alpha value is -4.61. The molecule has 4 nitrogen and oxygen atoms in total. The first-order chi connectivity index (χ1) is 24.4. The van der Waals surface area contributed by atoms with Crippen LogP contribution in [0.1, 0.15) is 51.7 Å². The summed E-state index contributed by atoms with van der Waals surface area (Å²) < 4.78 is 8.60. The number of furan rings is 1. The molecule has 8 rings (SSSR count). The molecule has 0 amide bonds. The van der Waals surface area contributed by atoms with Crippen molar-refractivity contribution in [1.82, 2.24) is 14.5 Å². The topological polar surface area (TPSA) is 43.9 Å². The number of hydrogen-bond donors (Lipinski definition) is 0. The third-order valence-electron chi connectivity index (χ3n) is 9.43. The average molecular weight is 876 g/mol. The summed E-state index contributed by atoms with van der Waals surface area (Å²) in [5.41, 5.74) is 10.5. The van der Waals surface area contributed by atoms with E-state index < -0.39 is 8.07 Å². The van der Waals surface area contributed by atoms with Crippen molar-refractivity contribution < 1.29 is 24.5 Å². The van der Waals surface area contributed by atoms with Crippen LogP contribution in [0.15, 0.2) is 126 Å². The maximum absolute atomic E-state index is 6.34. The van der Waals surface area contributed by atoms with Gasteiger partial charge in [0.25, 0.3) is 0 Å². The van der Waals surface area contributed by atoms with Crippen molar-refractivity contribution >= 4 is 46.2 Å². The van der Waals surface area contributed by atoms with E-state index in [9.17, 15) is 0 Å². The zero-order chi connectivity index (χ0) is 35.9. The van der Waals surface area contributed by atoms with Crippen molar-refractivity contribution in [3.8, 4) is 28.3 Å². The number of nitrogens with zero attached hydrogens (tertiary/aromatic N) is 3. The Bertz CT molecular complexity index is 2480. The van der Waals surface area contributed by atoms with Gasteiger partial charge in [-0.15, -0.1) is 54.1 Å². The molecule has 5 aromatic carbocycles. The van der Waals surface area contributed by atoms with E-state index >= 15 is 0 Å². The molecule has 0 atom stereocenters. The van der Waals surface area contributed by atoms with Gasteiger partial charge in [-0.2, -0.15) is 0 Å². The van der Waals surface area contributed by atoms with Gasteiger partial charge in [0.05, 0.1) is 30.5 Å². The van der Waals surface area contributed by atoms with Gasteiger partial charge in [0, 0.05) is 37.4 Å². The molecule has 0 unspecified atom stereocenters. The molecular weight excluding hydrogens is 831 g/mol. The van der Waals surface area contributed by atoms with E-state index in [-0.39, 0.29) is 25.5 Å². The van der Waals surface area contributed by atoms with Crippen LogP contribution >= 0.6 is 0 Å². The average Bonchev–Trinajstić information content (AvgIpc) is 3.70. The van der Waals surface area contributed by atoms with Crippen LogP contribution in [0.25, 0.3) is 61.3 Å². The number of imidazole rings is 1. The van der Waals surface area contributed by atoms with Gasteiger partial charge in [0.2, 0.25) is 0 Å². The van der Waals surface area contributed by atoms with E-state index in [0.717, 1.165) is 61.3 Å². The third kappa shape index (κ3) is 7.21. The maximum atomic E-state index is 6.34. The Labute approximate surface area is 322 Å². The van der Waals surface area contributed by atoms with Crippen LogP contribution in [0.5, 0.6) is 0 Å². The number of para-hydroxylation sites is 4. The van der Waals surface area contributed by atoms with Crippen LogP contribution in [0.2, 0.25) is 19.6 Å². The number of fused-ring (bicyclic) bond motifs is 4. The second-order valence-electron chi connectivity index (χ2n) is 15.6. The van der Waals surface area contributed by atoms with Crippen LogP contribution in [-0.4, -0.2) is 22.6 Å². The molecule has 0 aliphatic rings. The van der Waals surface area contributed by atoms with Crippen LogP contribution in [0, 0.1) is 12.1 Å². The second-order valence-corrected chi connectivity index (χ2v) is 20.6. The van der Waals surface area contributed by atoms with Crippen LogP contribution < -0.4 is 5.19 Å². The van der Waals surface area contributed by atoms with E-state index in [1.807, 2.05) is 48.5 Å². The minimum Gasteiger partial charge on any atom is -0.501 e. The minimum absolute atomic E-state index is 0. The summed E-state index contributed by atoms with van der Waals surface area (Å²) in [6.45, 7) is 18.4. The predicted octanol–water partition coefficient (Wildman–Crippen LogP) is 11.9. The molecule has 0 spiro atoms. The first-order valence-corrected chi connectivity index (χ1v) is 21.3. The zero-order valence-electron chi connectivity index (χ0n) is 31.2. The molecule has 6 heteroatoms. The summed E-state index contributed by atoms with van der Waals surface area (Å²) in [7, 11) is -1.34. The Kier molecular flexibility index (Phi) is 10.6. The summed E-state index contributed by atoms with van der Waals surface area (Å²) in [5.74, 6) is 1.37. The third-order valence-corrected chi connectivity index (χ3v) is 11.5. The first-order valence-electron chi connectivity index (χ1n) is 17.8. The standard InChI is InChI=1S/C29H23N2O.C17H22NSi.Ir/c1-29(2,3)22-14-5-7-16-24(22)31-25-17-8-6-15-23(25)30-28(31)21-13-10-12-20-19-11-4-9-18-26(19)32-27(20)21;1-13(2)15-11-16(14-9-7-6-8-10-14)18-12-17(15)19(3,4)5;/h4-12,14-18H,1-3H3;6-9,11-13H,1-5H3;/q2*-1;. The number of pyridine rings is 1. The molecule has 0 saturated carbocycles. The van der Waals surface area contributed by atoms with E-state index in [1.165, 1.54) is 16.3 Å². The van der Waals surface area contributed by atoms with E-state index in [1.54, 1.807) is 0 Å². The number of rotatable bonds is 5. The zero-order valence-corrected chi connectivity index (χ0v) is 34.6. The molecule has 0 saturated heterocycles. The van der Waals surface area contributed by atoms with Crippen LogP contribution in [0.4, 0.5) is 0 Å². The Morgan fingerprint density at radius 3 is 2.21 bits per heavy atom. The summed E-state index contributed by atoms with van der Waals surface area (Å²) in [6.07, 6.45) is 2.09. The fraction of sp³-hybridized carbons (Fsp3) is 0.217. The maximum Gasteiger partial charge on any atom is 0.120 e. The molecule has 0 aliphatic carbocycles. The van der Waals surface area contributed by atoms with Crippen LogP contribution in [-0.2, 0) is 25.5 Å². The molecule has 0 N–H and O–H groups in total. The molecule has 265 valence electrons. The molecule has 0 aliphatic heterocycles. The molecule has 3 aromatic heterocycles. The largest absolute Gasteiger partial charge is 0.501 e. The Morgan fingerprint density at radius 1 is 0.769 bits per heavy atom. The predicted molar refractivity (Wildman–Crippen MR) is 217 cm³/mol. The van der Waals surface area contributed by atoms with Gasteiger partial charge in [-0.3, -0.25) is 4.98 Å². The van der Waals surface area contributed by atoms with Crippen molar-refractivity contribution in [2.24, 2.45) is 0 Å². The molecule has 8 aromatic rings. The monoisotopic (exact) mass is 876 g/mol. The van der Waals surface area contributed by atoms with Crippen LogP contribution in [0.3, 0.4) is 0 Å². The fourth-order valence-corrected chi connectivity index (χ4v) is 8.55. The SMILES string of the molecule is CC(C)(C)c1ccccc1-n1c(-c2[c-]ccc3c2oc2ccccc23)nc2ccccc21.CC(C)c1cc(-c2[c-]cccc2)ncc1[Si](C)(C)C.[Ir]. The number of hydrogen-bond acceptors (Lipinski definition) is 3. The molecular formula is C46H45IrN3OSi-2. The molecule has 0 bridgehead atoms. The smallest absolute Gasteiger partial charge is 0.120 e. The molecule has 0 fully saturated rings. The fourth-order valence-electron chi connectivity index (χ4n) is 6.87. The Balaban J connectivity index is 0.000000200. The Morgan fingerprint density at radius 2 is 1.48 bits per heavy atom. The molecule has 1 radical (unpaired) electrons.